The molecule has 0 aliphatic rings. The molecule has 0 radical (unpaired) electrons. The van der Waals surface area contributed by atoms with E-state index in [-0.39, 0.29) is 28.9 Å². The SMILES string of the molecule is COC(=O)c1ccc(NC(=O)[C@H](C)N)cc1Cl.Cl. The van der Waals surface area contributed by atoms with E-state index in [0.29, 0.717) is 5.69 Å². The second kappa shape index (κ2) is 7.20. The number of benzene rings is 1. The Labute approximate surface area is 116 Å². The zero-order chi connectivity index (χ0) is 13.0. The van der Waals surface area contributed by atoms with Crippen LogP contribution in [0, 0.1) is 0 Å². The van der Waals surface area contributed by atoms with Crippen molar-refractivity contribution in [2.45, 2.75) is 13.0 Å². The first-order valence-corrected chi connectivity index (χ1v) is 5.27. The average molecular weight is 293 g/mol. The molecule has 7 heteroatoms. The monoisotopic (exact) mass is 292 g/mol. The maximum absolute atomic E-state index is 11.3. The summed E-state index contributed by atoms with van der Waals surface area (Å²) in [6.07, 6.45) is 0. The van der Waals surface area contributed by atoms with E-state index in [9.17, 15) is 9.59 Å². The second-order valence-electron chi connectivity index (χ2n) is 3.46. The highest BCUT2D eigenvalue weighted by atomic mass is 35.5. The summed E-state index contributed by atoms with van der Waals surface area (Å²) in [4.78, 5) is 22.6. The van der Waals surface area contributed by atoms with Gasteiger partial charge in [0, 0.05) is 5.69 Å². The number of hydrogen-bond acceptors (Lipinski definition) is 4. The molecule has 0 aliphatic heterocycles. The number of nitrogens with two attached hydrogens (primary N) is 1. The largest absolute Gasteiger partial charge is 0.465 e. The fraction of sp³-hybridized carbons (Fsp3) is 0.273. The molecule has 100 valence electrons. The first-order valence-electron chi connectivity index (χ1n) is 4.90. The predicted octanol–water partition coefficient (Wildman–Crippen LogP) is 1.83. The molecule has 1 rings (SSSR count). The van der Waals surface area contributed by atoms with Crippen LogP contribution in [0.1, 0.15) is 17.3 Å². The number of nitrogens with one attached hydrogen (secondary N) is 1. The van der Waals surface area contributed by atoms with Gasteiger partial charge in [-0.1, -0.05) is 11.6 Å². The van der Waals surface area contributed by atoms with Crippen molar-refractivity contribution < 1.29 is 14.3 Å². The van der Waals surface area contributed by atoms with E-state index < -0.39 is 12.0 Å². The molecule has 1 amide bonds. The standard InChI is InChI=1S/C11H13ClN2O3.ClH/c1-6(13)10(15)14-7-3-4-8(9(12)5-7)11(16)17-2;/h3-6H,13H2,1-2H3,(H,14,15);1H/t6-;/m0./s1. The summed E-state index contributed by atoms with van der Waals surface area (Å²) in [6.45, 7) is 1.57. The molecule has 18 heavy (non-hydrogen) atoms. The second-order valence-corrected chi connectivity index (χ2v) is 3.87. The lowest BCUT2D eigenvalue weighted by atomic mass is 10.2. The molecule has 1 atom stereocenters. The number of anilines is 1. The molecule has 0 fully saturated rings. The summed E-state index contributed by atoms with van der Waals surface area (Å²) in [6, 6.07) is 3.88. The minimum atomic E-state index is -0.617. The summed E-state index contributed by atoms with van der Waals surface area (Å²) >= 11 is 5.88. The van der Waals surface area contributed by atoms with Crippen molar-refractivity contribution in [3.8, 4) is 0 Å². The van der Waals surface area contributed by atoms with Gasteiger partial charge in [0.2, 0.25) is 5.91 Å². The Hall–Kier alpha value is -1.30. The van der Waals surface area contributed by atoms with Gasteiger partial charge in [-0.15, -0.1) is 12.4 Å². The number of esters is 1. The third-order valence-corrected chi connectivity index (χ3v) is 2.37. The summed E-state index contributed by atoms with van der Waals surface area (Å²) in [5.41, 5.74) is 6.12. The van der Waals surface area contributed by atoms with Crippen LogP contribution in [0.2, 0.25) is 5.02 Å². The Balaban J connectivity index is 0.00000289. The fourth-order valence-corrected chi connectivity index (χ4v) is 1.38. The summed E-state index contributed by atoms with van der Waals surface area (Å²) < 4.78 is 4.55. The quantitative estimate of drug-likeness (QED) is 0.833. The average Bonchev–Trinajstić information content (AvgIpc) is 2.28. The number of hydrogen-bond donors (Lipinski definition) is 2. The molecule has 0 aliphatic carbocycles. The Kier molecular flexibility index (Phi) is 6.68. The van der Waals surface area contributed by atoms with Gasteiger partial charge in [-0.25, -0.2) is 4.79 Å². The number of methoxy groups -OCH3 is 1. The van der Waals surface area contributed by atoms with Crippen LogP contribution in [-0.4, -0.2) is 25.0 Å². The predicted molar refractivity (Wildman–Crippen MR) is 72.3 cm³/mol. The van der Waals surface area contributed by atoms with Crippen LogP contribution in [0.4, 0.5) is 5.69 Å². The van der Waals surface area contributed by atoms with Crippen molar-refractivity contribution in [2.24, 2.45) is 5.73 Å². The fourth-order valence-electron chi connectivity index (χ4n) is 1.12. The molecule has 0 bridgehead atoms. The van der Waals surface area contributed by atoms with E-state index in [4.69, 9.17) is 17.3 Å². The van der Waals surface area contributed by atoms with Crippen molar-refractivity contribution in [1.82, 2.24) is 0 Å². The topological polar surface area (TPSA) is 81.4 Å². The van der Waals surface area contributed by atoms with E-state index in [1.807, 2.05) is 0 Å². The number of halogens is 2. The highest BCUT2D eigenvalue weighted by Gasteiger charge is 2.12. The minimum absolute atomic E-state index is 0. The molecule has 3 N–H and O–H groups in total. The molecule has 0 spiro atoms. The van der Waals surface area contributed by atoms with Crippen LogP contribution >= 0.6 is 24.0 Å². The smallest absolute Gasteiger partial charge is 0.339 e. The molecular weight excluding hydrogens is 279 g/mol. The maximum Gasteiger partial charge on any atom is 0.339 e. The van der Waals surface area contributed by atoms with Gasteiger partial charge < -0.3 is 15.8 Å². The lowest BCUT2D eigenvalue weighted by molar-refractivity contribution is -0.117. The van der Waals surface area contributed by atoms with E-state index in [1.165, 1.54) is 19.2 Å². The molecule has 0 saturated heterocycles. The number of ether oxygens (including phenoxy) is 1. The zero-order valence-electron chi connectivity index (χ0n) is 9.90. The molecule has 0 saturated carbocycles. The molecular formula is C11H14Cl2N2O3. The number of carbonyl (C=O) groups is 2. The number of rotatable bonds is 3. The summed E-state index contributed by atoms with van der Waals surface area (Å²) in [7, 11) is 1.27. The van der Waals surface area contributed by atoms with Gasteiger partial charge in [0.1, 0.15) is 0 Å². The number of carbonyl (C=O) groups excluding carboxylic acids is 2. The normalized spacial score (nSPS) is 11.1. The maximum atomic E-state index is 11.3. The third kappa shape index (κ3) is 4.18. The van der Waals surface area contributed by atoms with Crippen molar-refractivity contribution in [3.63, 3.8) is 0 Å². The summed E-state index contributed by atoms with van der Waals surface area (Å²) in [5, 5.41) is 2.77. The van der Waals surface area contributed by atoms with Gasteiger partial charge in [0.15, 0.2) is 0 Å². The first-order chi connectivity index (χ1) is 7.95. The molecule has 0 heterocycles. The van der Waals surface area contributed by atoms with Gasteiger partial charge in [-0.3, -0.25) is 4.79 Å². The molecule has 1 aromatic rings. The van der Waals surface area contributed by atoms with Gasteiger partial charge in [-0.05, 0) is 25.1 Å². The van der Waals surface area contributed by atoms with Gasteiger partial charge in [0.25, 0.3) is 0 Å². The van der Waals surface area contributed by atoms with Crippen LogP contribution < -0.4 is 11.1 Å². The third-order valence-electron chi connectivity index (χ3n) is 2.06. The van der Waals surface area contributed by atoms with E-state index in [0.717, 1.165) is 0 Å². The Morgan fingerprint density at radius 3 is 2.50 bits per heavy atom. The van der Waals surface area contributed by atoms with Crippen molar-refractivity contribution in [3.05, 3.63) is 28.8 Å². The first kappa shape index (κ1) is 16.7. The van der Waals surface area contributed by atoms with Crippen molar-refractivity contribution in [1.29, 1.82) is 0 Å². The van der Waals surface area contributed by atoms with Gasteiger partial charge >= 0.3 is 5.97 Å². The van der Waals surface area contributed by atoms with E-state index >= 15 is 0 Å². The van der Waals surface area contributed by atoms with E-state index in [2.05, 4.69) is 10.1 Å². The Bertz CT molecular complexity index is 450. The van der Waals surface area contributed by atoms with Crippen molar-refractivity contribution in [2.75, 3.05) is 12.4 Å². The molecule has 5 nitrogen and oxygen atoms in total. The van der Waals surface area contributed by atoms with Crippen LogP contribution in [0.3, 0.4) is 0 Å². The van der Waals surface area contributed by atoms with Gasteiger partial charge in [-0.2, -0.15) is 0 Å². The van der Waals surface area contributed by atoms with Crippen LogP contribution in [-0.2, 0) is 9.53 Å². The summed E-state index contributed by atoms with van der Waals surface area (Å²) in [5.74, 6) is -0.855. The van der Waals surface area contributed by atoms with Crippen LogP contribution in [0.15, 0.2) is 18.2 Å². The van der Waals surface area contributed by atoms with Crippen LogP contribution in [0.5, 0.6) is 0 Å². The molecule has 0 aromatic heterocycles. The highest BCUT2D eigenvalue weighted by molar-refractivity contribution is 6.34. The molecule has 1 aromatic carbocycles. The number of amides is 1. The van der Waals surface area contributed by atoms with E-state index in [1.54, 1.807) is 13.0 Å². The zero-order valence-corrected chi connectivity index (χ0v) is 11.5. The Morgan fingerprint density at radius 2 is 2.06 bits per heavy atom. The van der Waals surface area contributed by atoms with Crippen molar-refractivity contribution >= 4 is 41.6 Å². The lowest BCUT2D eigenvalue weighted by Gasteiger charge is -2.09. The van der Waals surface area contributed by atoms with Gasteiger partial charge in [0.05, 0.1) is 23.7 Å². The molecule has 0 unspecified atom stereocenters. The lowest BCUT2D eigenvalue weighted by Crippen LogP contribution is -2.32. The minimum Gasteiger partial charge on any atom is -0.465 e. The highest BCUT2D eigenvalue weighted by Crippen LogP contribution is 2.21. The Morgan fingerprint density at radius 1 is 1.44 bits per heavy atom. The van der Waals surface area contributed by atoms with Crippen LogP contribution in [0.25, 0.3) is 0 Å².